The monoisotopic (exact) mass is 321 g/mol. The van der Waals surface area contributed by atoms with E-state index in [1.54, 1.807) is 37.3 Å². The highest BCUT2D eigenvalue weighted by atomic mass is 16.2. The number of amides is 1. The SMILES string of the molecule is CC(C)C(=O)c1ccc([C@H](C)C(=O)Nc2ccncc2C#N)cc1. The molecule has 1 aromatic heterocycles. The minimum atomic E-state index is -0.409. The minimum absolute atomic E-state index is 0.0623. The number of carbonyl (C=O) groups excluding carboxylic acids is 2. The molecule has 0 aliphatic heterocycles. The number of aromatic nitrogens is 1. The molecule has 1 heterocycles. The third-order valence-corrected chi connectivity index (χ3v) is 3.81. The molecule has 2 aromatic rings. The van der Waals surface area contributed by atoms with E-state index in [1.165, 1.54) is 12.4 Å². The Labute approximate surface area is 141 Å². The highest BCUT2D eigenvalue weighted by molar-refractivity contribution is 5.98. The number of pyridine rings is 1. The second-order valence-corrected chi connectivity index (χ2v) is 5.88. The number of nitriles is 1. The highest BCUT2D eigenvalue weighted by Gasteiger charge is 2.18. The summed E-state index contributed by atoms with van der Waals surface area (Å²) in [6.45, 7) is 5.49. The number of hydrogen-bond acceptors (Lipinski definition) is 4. The topological polar surface area (TPSA) is 82.8 Å². The Morgan fingerprint density at radius 3 is 2.38 bits per heavy atom. The van der Waals surface area contributed by atoms with Gasteiger partial charge in [0.25, 0.3) is 0 Å². The van der Waals surface area contributed by atoms with Gasteiger partial charge >= 0.3 is 0 Å². The number of ketones is 1. The summed E-state index contributed by atoms with van der Waals surface area (Å²) in [6.07, 6.45) is 2.93. The average Bonchev–Trinajstić information content (AvgIpc) is 2.60. The van der Waals surface area contributed by atoms with Crippen molar-refractivity contribution in [3.8, 4) is 6.07 Å². The molecule has 0 saturated carbocycles. The molecule has 1 amide bonds. The maximum absolute atomic E-state index is 12.4. The molecule has 5 nitrogen and oxygen atoms in total. The summed E-state index contributed by atoms with van der Waals surface area (Å²) in [5, 5.41) is 11.8. The Morgan fingerprint density at radius 1 is 1.12 bits per heavy atom. The van der Waals surface area contributed by atoms with Gasteiger partial charge < -0.3 is 5.32 Å². The van der Waals surface area contributed by atoms with Crippen molar-refractivity contribution in [1.29, 1.82) is 5.26 Å². The molecule has 1 atom stereocenters. The van der Waals surface area contributed by atoms with Crippen LogP contribution in [0.15, 0.2) is 42.7 Å². The van der Waals surface area contributed by atoms with Crippen LogP contribution < -0.4 is 5.32 Å². The van der Waals surface area contributed by atoms with Crippen LogP contribution in [0.2, 0.25) is 0 Å². The minimum Gasteiger partial charge on any atom is -0.324 e. The van der Waals surface area contributed by atoms with E-state index in [-0.39, 0.29) is 17.6 Å². The first kappa shape index (κ1) is 17.4. The zero-order valence-electron chi connectivity index (χ0n) is 13.9. The number of nitrogens with zero attached hydrogens (tertiary/aromatic N) is 2. The van der Waals surface area contributed by atoms with Crippen LogP contribution in [0.25, 0.3) is 0 Å². The molecule has 24 heavy (non-hydrogen) atoms. The lowest BCUT2D eigenvalue weighted by Gasteiger charge is -2.14. The maximum atomic E-state index is 12.4. The van der Waals surface area contributed by atoms with Crippen molar-refractivity contribution in [3.63, 3.8) is 0 Å². The molecule has 0 aliphatic carbocycles. The van der Waals surface area contributed by atoms with Crippen molar-refractivity contribution in [2.24, 2.45) is 5.92 Å². The average molecular weight is 321 g/mol. The van der Waals surface area contributed by atoms with E-state index < -0.39 is 5.92 Å². The molecule has 0 spiro atoms. The van der Waals surface area contributed by atoms with E-state index in [1.807, 2.05) is 19.9 Å². The molecule has 0 saturated heterocycles. The molecule has 0 bridgehead atoms. The van der Waals surface area contributed by atoms with Crippen molar-refractivity contribution in [2.75, 3.05) is 5.32 Å². The number of hydrogen-bond donors (Lipinski definition) is 1. The standard InChI is InChI=1S/C19H19N3O2/c1-12(2)18(23)15-6-4-14(5-7-15)13(3)19(24)22-17-8-9-21-11-16(17)10-20/h4-9,11-13H,1-3H3,(H,21,22,24)/t13-/m0/s1. The molecule has 0 radical (unpaired) electrons. The summed E-state index contributed by atoms with van der Waals surface area (Å²) >= 11 is 0. The molecule has 2 rings (SSSR count). The van der Waals surface area contributed by atoms with E-state index in [0.29, 0.717) is 16.8 Å². The van der Waals surface area contributed by atoms with E-state index in [0.717, 1.165) is 5.56 Å². The number of anilines is 1. The third kappa shape index (κ3) is 3.85. The number of carbonyl (C=O) groups is 2. The summed E-state index contributed by atoms with van der Waals surface area (Å²) in [4.78, 5) is 28.2. The number of Topliss-reactive ketones (excluding diaryl/α,β-unsaturated/α-hetero) is 1. The van der Waals surface area contributed by atoms with Gasteiger partial charge in [-0.15, -0.1) is 0 Å². The predicted molar refractivity (Wildman–Crippen MR) is 91.6 cm³/mol. The van der Waals surface area contributed by atoms with Gasteiger partial charge in [0.05, 0.1) is 17.2 Å². The fourth-order valence-corrected chi connectivity index (χ4v) is 2.25. The van der Waals surface area contributed by atoms with Crippen LogP contribution in [0.4, 0.5) is 5.69 Å². The number of benzene rings is 1. The molecule has 0 unspecified atom stereocenters. The number of rotatable bonds is 5. The first-order valence-corrected chi connectivity index (χ1v) is 7.73. The molecule has 5 heteroatoms. The van der Waals surface area contributed by atoms with Crippen LogP contribution in [-0.2, 0) is 4.79 Å². The van der Waals surface area contributed by atoms with Crippen LogP contribution in [0.3, 0.4) is 0 Å². The molecule has 0 fully saturated rings. The molecule has 1 aromatic carbocycles. The normalized spacial score (nSPS) is 11.6. The van der Waals surface area contributed by atoms with Gasteiger partial charge in [0.15, 0.2) is 5.78 Å². The summed E-state index contributed by atoms with van der Waals surface area (Å²) in [7, 11) is 0. The Balaban J connectivity index is 2.13. The summed E-state index contributed by atoms with van der Waals surface area (Å²) in [6, 6.07) is 10.7. The van der Waals surface area contributed by atoms with Crippen LogP contribution in [0.5, 0.6) is 0 Å². The highest BCUT2D eigenvalue weighted by Crippen LogP contribution is 2.21. The van der Waals surface area contributed by atoms with Crippen LogP contribution in [0, 0.1) is 17.2 Å². The van der Waals surface area contributed by atoms with Gasteiger partial charge in [-0.05, 0) is 18.6 Å². The van der Waals surface area contributed by atoms with Crippen LogP contribution in [0.1, 0.15) is 48.2 Å². The van der Waals surface area contributed by atoms with Gasteiger partial charge in [0, 0.05) is 23.9 Å². The Bertz CT molecular complexity index is 789. The molecular weight excluding hydrogens is 302 g/mol. The fourth-order valence-electron chi connectivity index (χ4n) is 2.25. The molecule has 122 valence electrons. The van der Waals surface area contributed by atoms with Gasteiger partial charge in [-0.25, -0.2) is 0 Å². The van der Waals surface area contributed by atoms with E-state index >= 15 is 0 Å². The summed E-state index contributed by atoms with van der Waals surface area (Å²) < 4.78 is 0. The Hall–Kier alpha value is -3.00. The summed E-state index contributed by atoms with van der Waals surface area (Å²) in [5.41, 5.74) is 2.20. The first-order chi connectivity index (χ1) is 11.4. The molecule has 0 aliphatic rings. The third-order valence-electron chi connectivity index (χ3n) is 3.81. The first-order valence-electron chi connectivity index (χ1n) is 7.73. The quantitative estimate of drug-likeness (QED) is 0.854. The van der Waals surface area contributed by atoms with E-state index in [4.69, 9.17) is 5.26 Å². The smallest absolute Gasteiger partial charge is 0.231 e. The lowest BCUT2D eigenvalue weighted by atomic mass is 9.95. The predicted octanol–water partition coefficient (Wildman–Crippen LogP) is 3.53. The maximum Gasteiger partial charge on any atom is 0.231 e. The van der Waals surface area contributed by atoms with Crippen LogP contribution in [-0.4, -0.2) is 16.7 Å². The zero-order valence-corrected chi connectivity index (χ0v) is 13.9. The van der Waals surface area contributed by atoms with Gasteiger partial charge in [-0.1, -0.05) is 38.1 Å². The molecular formula is C19H19N3O2. The van der Waals surface area contributed by atoms with Crippen molar-refractivity contribution in [2.45, 2.75) is 26.7 Å². The van der Waals surface area contributed by atoms with Crippen molar-refractivity contribution in [1.82, 2.24) is 4.98 Å². The van der Waals surface area contributed by atoms with Crippen molar-refractivity contribution in [3.05, 3.63) is 59.4 Å². The van der Waals surface area contributed by atoms with E-state index in [9.17, 15) is 9.59 Å². The Morgan fingerprint density at radius 2 is 1.79 bits per heavy atom. The molecule has 1 N–H and O–H groups in total. The van der Waals surface area contributed by atoms with Gasteiger partial charge in [0.1, 0.15) is 6.07 Å². The van der Waals surface area contributed by atoms with Crippen molar-refractivity contribution < 1.29 is 9.59 Å². The number of nitrogens with one attached hydrogen (secondary N) is 1. The van der Waals surface area contributed by atoms with E-state index in [2.05, 4.69) is 10.3 Å². The largest absolute Gasteiger partial charge is 0.324 e. The Kier molecular flexibility index (Phi) is 5.43. The van der Waals surface area contributed by atoms with Crippen molar-refractivity contribution >= 4 is 17.4 Å². The lowest BCUT2D eigenvalue weighted by molar-refractivity contribution is -0.117. The van der Waals surface area contributed by atoms with Gasteiger partial charge in [0.2, 0.25) is 5.91 Å². The zero-order chi connectivity index (χ0) is 17.7. The van der Waals surface area contributed by atoms with Crippen LogP contribution >= 0.6 is 0 Å². The van der Waals surface area contributed by atoms with Gasteiger partial charge in [-0.2, -0.15) is 5.26 Å². The lowest BCUT2D eigenvalue weighted by Crippen LogP contribution is -2.19. The fraction of sp³-hybridized carbons (Fsp3) is 0.263. The second-order valence-electron chi connectivity index (χ2n) is 5.88. The van der Waals surface area contributed by atoms with Gasteiger partial charge in [-0.3, -0.25) is 14.6 Å². The second kappa shape index (κ2) is 7.51. The summed E-state index contributed by atoms with van der Waals surface area (Å²) in [5.74, 6) is -0.615.